The summed E-state index contributed by atoms with van der Waals surface area (Å²) in [5.41, 5.74) is 3.29. The molecular formula is C17H25NO. The lowest BCUT2D eigenvalue weighted by molar-refractivity contribution is 0.198. The predicted molar refractivity (Wildman–Crippen MR) is 78.5 cm³/mol. The van der Waals surface area contributed by atoms with Crippen LogP contribution in [0.4, 0.5) is 0 Å². The number of hydrogen-bond donors (Lipinski definition) is 1. The average Bonchev–Trinajstić information content (AvgIpc) is 2.82. The zero-order valence-corrected chi connectivity index (χ0v) is 12.2. The summed E-state index contributed by atoms with van der Waals surface area (Å²) in [5.74, 6) is 1.09. The number of fused-ring (bicyclic) bond motifs is 1. The van der Waals surface area contributed by atoms with Gasteiger partial charge in [-0.15, -0.1) is 0 Å². The minimum atomic E-state index is 0.516. The Balaban J connectivity index is 1.57. The van der Waals surface area contributed by atoms with Gasteiger partial charge >= 0.3 is 0 Å². The van der Waals surface area contributed by atoms with E-state index in [0.29, 0.717) is 11.5 Å². The van der Waals surface area contributed by atoms with Crippen LogP contribution >= 0.6 is 0 Å². The molecule has 0 aromatic heterocycles. The van der Waals surface area contributed by atoms with Crippen LogP contribution in [0.5, 0.6) is 5.75 Å². The Labute approximate surface area is 116 Å². The van der Waals surface area contributed by atoms with Crippen molar-refractivity contribution >= 4 is 0 Å². The summed E-state index contributed by atoms with van der Waals surface area (Å²) in [6, 6.07) is 7.33. The van der Waals surface area contributed by atoms with Crippen molar-refractivity contribution in [2.75, 3.05) is 6.61 Å². The van der Waals surface area contributed by atoms with Gasteiger partial charge in [0.25, 0.3) is 0 Å². The van der Waals surface area contributed by atoms with Crippen molar-refractivity contribution in [3.05, 3.63) is 29.3 Å². The molecule has 1 saturated carbocycles. The first-order chi connectivity index (χ1) is 9.12. The molecule has 1 unspecified atom stereocenters. The lowest BCUT2D eigenvalue weighted by Gasteiger charge is -2.35. The third-order valence-corrected chi connectivity index (χ3v) is 4.55. The van der Waals surface area contributed by atoms with Crippen LogP contribution in [0.1, 0.15) is 50.7 Å². The fraction of sp³-hybridized carbons (Fsp3) is 0.647. The Morgan fingerprint density at radius 2 is 2.26 bits per heavy atom. The maximum absolute atomic E-state index is 5.55. The molecule has 1 heterocycles. The van der Waals surface area contributed by atoms with E-state index in [1.165, 1.54) is 36.8 Å². The molecule has 0 spiro atoms. The van der Waals surface area contributed by atoms with Gasteiger partial charge in [-0.2, -0.15) is 0 Å². The normalized spacial score (nSPS) is 24.8. The maximum atomic E-state index is 5.55. The highest BCUT2D eigenvalue weighted by Crippen LogP contribution is 2.35. The summed E-state index contributed by atoms with van der Waals surface area (Å²) in [6.45, 7) is 6.64. The molecule has 0 bridgehead atoms. The Bertz CT molecular complexity index is 453. The largest absolute Gasteiger partial charge is 0.493 e. The van der Waals surface area contributed by atoms with Gasteiger partial charge in [-0.05, 0) is 41.9 Å². The summed E-state index contributed by atoms with van der Waals surface area (Å²) < 4.78 is 5.55. The van der Waals surface area contributed by atoms with Gasteiger partial charge in [0.1, 0.15) is 5.75 Å². The first kappa shape index (κ1) is 13.0. The first-order valence-corrected chi connectivity index (χ1v) is 7.60. The molecule has 2 aliphatic rings. The number of ether oxygens (including phenoxy) is 1. The Hall–Kier alpha value is -1.02. The second kappa shape index (κ2) is 5.16. The molecule has 1 aliphatic heterocycles. The van der Waals surface area contributed by atoms with E-state index in [2.05, 4.69) is 37.4 Å². The number of rotatable bonds is 3. The molecular weight excluding hydrogens is 234 g/mol. The van der Waals surface area contributed by atoms with Crippen molar-refractivity contribution in [1.29, 1.82) is 0 Å². The number of nitrogens with one attached hydrogen (secondary N) is 1. The van der Waals surface area contributed by atoms with E-state index in [1.807, 2.05) is 0 Å². The highest BCUT2D eigenvalue weighted by atomic mass is 16.5. The summed E-state index contributed by atoms with van der Waals surface area (Å²) in [4.78, 5) is 0. The maximum Gasteiger partial charge on any atom is 0.122 e. The lowest BCUT2D eigenvalue weighted by Crippen LogP contribution is -2.36. The molecule has 2 heteroatoms. The van der Waals surface area contributed by atoms with Gasteiger partial charge < -0.3 is 10.1 Å². The molecule has 3 rings (SSSR count). The van der Waals surface area contributed by atoms with E-state index in [9.17, 15) is 0 Å². The standard InChI is InChI=1S/C17H25NO/c1-17(2)8-3-4-15(11-17)18-12-13-5-6-16-14(10-13)7-9-19-16/h5-6,10,15,18H,3-4,7-9,11-12H2,1-2H3. The van der Waals surface area contributed by atoms with Gasteiger partial charge in [-0.3, -0.25) is 0 Å². The SMILES string of the molecule is CC1(C)CCCC(NCc2ccc3c(c2)CCO3)C1. The Morgan fingerprint density at radius 1 is 1.37 bits per heavy atom. The predicted octanol–water partition coefficient (Wildman–Crippen LogP) is 3.68. The van der Waals surface area contributed by atoms with E-state index in [0.717, 1.165) is 25.3 Å². The van der Waals surface area contributed by atoms with E-state index < -0.39 is 0 Å². The van der Waals surface area contributed by atoms with Crippen molar-refractivity contribution < 1.29 is 4.74 Å². The third kappa shape index (κ3) is 3.11. The van der Waals surface area contributed by atoms with Gasteiger partial charge in [0, 0.05) is 19.0 Å². The van der Waals surface area contributed by atoms with Gasteiger partial charge in [-0.1, -0.05) is 32.4 Å². The Kier molecular flexibility index (Phi) is 3.53. The smallest absolute Gasteiger partial charge is 0.122 e. The second-order valence-electron chi connectivity index (χ2n) is 6.88. The van der Waals surface area contributed by atoms with Crippen molar-refractivity contribution in [1.82, 2.24) is 5.32 Å². The molecule has 1 atom stereocenters. The quantitative estimate of drug-likeness (QED) is 0.894. The van der Waals surface area contributed by atoms with Crippen LogP contribution < -0.4 is 10.1 Å². The van der Waals surface area contributed by atoms with Crippen LogP contribution in [-0.2, 0) is 13.0 Å². The zero-order valence-electron chi connectivity index (χ0n) is 12.2. The molecule has 104 valence electrons. The zero-order chi connectivity index (χ0) is 13.3. The van der Waals surface area contributed by atoms with Crippen molar-refractivity contribution in [3.8, 4) is 5.75 Å². The first-order valence-electron chi connectivity index (χ1n) is 7.60. The van der Waals surface area contributed by atoms with Gasteiger partial charge in [-0.25, -0.2) is 0 Å². The van der Waals surface area contributed by atoms with Crippen LogP contribution in [-0.4, -0.2) is 12.6 Å². The molecule has 1 N–H and O–H groups in total. The van der Waals surface area contributed by atoms with Gasteiger partial charge in [0.2, 0.25) is 0 Å². The molecule has 1 aromatic rings. The topological polar surface area (TPSA) is 21.3 Å². The summed E-state index contributed by atoms with van der Waals surface area (Å²) in [6.07, 6.45) is 6.45. The van der Waals surface area contributed by atoms with Crippen LogP contribution in [0.3, 0.4) is 0 Å². The van der Waals surface area contributed by atoms with Gasteiger partial charge in [0.15, 0.2) is 0 Å². The van der Waals surface area contributed by atoms with E-state index in [1.54, 1.807) is 0 Å². The highest BCUT2D eigenvalue weighted by molar-refractivity contribution is 5.39. The molecule has 1 aromatic carbocycles. The van der Waals surface area contributed by atoms with Gasteiger partial charge in [0.05, 0.1) is 6.61 Å². The van der Waals surface area contributed by atoms with Crippen molar-refractivity contribution in [2.24, 2.45) is 5.41 Å². The molecule has 2 nitrogen and oxygen atoms in total. The summed E-state index contributed by atoms with van der Waals surface area (Å²) >= 11 is 0. The number of hydrogen-bond acceptors (Lipinski definition) is 2. The second-order valence-corrected chi connectivity index (χ2v) is 6.88. The van der Waals surface area contributed by atoms with Crippen LogP contribution in [0.15, 0.2) is 18.2 Å². The highest BCUT2D eigenvalue weighted by Gasteiger charge is 2.27. The average molecular weight is 259 g/mol. The molecule has 0 saturated heterocycles. The summed E-state index contributed by atoms with van der Waals surface area (Å²) in [5, 5.41) is 3.74. The van der Waals surface area contributed by atoms with Crippen LogP contribution in [0.25, 0.3) is 0 Å². The molecule has 1 aliphatic carbocycles. The summed E-state index contributed by atoms with van der Waals surface area (Å²) in [7, 11) is 0. The fourth-order valence-corrected chi connectivity index (χ4v) is 3.48. The van der Waals surface area contributed by atoms with E-state index in [-0.39, 0.29) is 0 Å². The monoisotopic (exact) mass is 259 g/mol. The van der Waals surface area contributed by atoms with Crippen molar-refractivity contribution in [3.63, 3.8) is 0 Å². The van der Waals surface area contributed by atoms with E-state index in [4.69, 9.17) is 4.74 Å². The fourth-order valence-electron chi connectivity index (χ4n) is 3.48. The van der Waals surface area contributed by atoms with Crippen molar-refractivity contribution in [2.45, 2.75) is 58.5 Å². The molecule has 0 amide bonds. The van der Waals surface area contributed by atoms with Crippen LogP contribution in [0, 0.1) is 5.41 Å². The molecule has 1 fully saturated rings. The van der Waals surface area contributed by atoms with Crippen LogP contribution in [0.2, 0.25) is 0 Å². The van der Waals surface area contributed by atoms with E-state index >= 15 is 0 Å². The molecule has 19 heavy (non-hydrogen) atoms. The minimum Gasteiger partial charge on any atom is -0.493 e. The minimum absolute atomic E-state index is 0.516. The lowest BCUT2D eigenvalue weighted by atomic mass is 9.75. The number of benzene rings is 1. The molecule has 0 radical (unpaired) electrons. The third-order valence-electron chi connectivity index (χ3n) is 4.55. The Morgan fingerprint density at radius 3 is 3.11 bits per heavy atom.